The highest BCUT2D eigenvalue weighted by Crippen LogP contribution is 2.41. The Morgan fingerprint density at radius 1 is 0.946 bits per heavy atom. The van der Waals surface area contributed by atoms with E-state index >= 15 is 0 Å². The van der Waals surface area contributed by atoms with Crippen molar-refractivity contribution >= 4 is 28.8 Å². The zero-order chi connectivity index (χ0) is 26.5. The van der Waals surface area contributed by atoms with E-state index in [9.17, 15) is 9.59 Å². The summed E-state index contributed by atoms with van der Waals surface area (Å²) in [4.78, 5) is 32.6. The number of hydrogen-bond donors (Lipinski definition) is 1. The van der Waals surface area contributed by atoms with Crippen LogP contribution >= 0.6 is 11.3 Å². The van der Waals surface area contributed by atoms with Gasteiger partial charge >= 0.3 is 0 Å². The Hall–Kier alpha value is -3.79. The van der Waals surface area contributed by atoms with Crippen LogP contribution in [0.15, 0.2) is 35.7 Å². The number of amides is 2. The van der Waals surface area contributed by atoms with Crippen LogP contribution in [-0.2, 0) is 0 Å². The van der Waals surface area contributed by atoms with E-state index in [1.54, 1.807) is 24.6 Å². The van der Waals surface area contributed by atoms with E-state index in [-0.39, 0.29) is 17.7 Å². The maximum Gasteiger partial charge on any atom is 0.275 e. The molecule has 2 amide bonds. The Bertz CT molecular complexity index is 1280. The molecular weight excluding hydrogens is 494 g/mol. The highest BCUT2D eigenvalue weighted by atomic mass is 32.1. The van der Waals surface area contributed by atoms with Gasteiger partial charge in [0, 0.05) is 24.4 Å². The van der Waals surface area contributed by atoms with Gasteiger partial charge in [0.15, 0.2) is 11.5 Å². The van der Waals surface area contributed by atoms with E-state index in [1.165, 1.54) is 32.7 Å². The number of benzene rings is 2. The van der Waals surface area contributed by atoms with E-state index in [0.29, 0.717) is 53.0 Å². The fourth-order valence-electron chi connectivity index (χ4n) is 4.50. The van der Waals surface area contributed by atoms with Gasteiger partial charge in [0.1, 0.15) is 11.4 Å². The molecule has 0 aliphatic carbocycles. The molecule has 4 rings (SSSR count). The largest absolute Gasteiger partial charge is 0.495 e. The molecule has 1 aliphatic heterocycles. The molecule has 0 saturated carbocycles. The summed E-state index contributed by atoms with van der Waals surface area (Å²) in [5, 5.41) is 5.61. The van der Waals surface area contributed by atoms with Crippen molar-refractivity contribution in [3.8, 4) is 23.0 Å². The molecule has 0 spiro atoms. The first-order valence-corrected chi connectivity index (χ1v) is 12.8. The number of thiazole rings is 1. The number of aromatic nitrogens is 1. The number of methoxy groups -OCH3 is 4. The minimum Gasteiger partial charge on any atom is -0.495 e. The van der Waals surface area contributed by atoms with Gasteiger partial charge in [0.2, 0.25) is 5.75 Å². The van der Waals surface area contributed by atoms with Crippen molar-refractivity contribution < 1.29 is 28.5 Å². The van der Waals surface area contributed by atoms with E-state index in [4.69, 9.17) is 18.9 Å². The average molecular weight is 526 g/mol. The third-order valence-electron chi connectivity index (χ3n) is 6.51. The van der Waals surface area contributed by atoms with Crippen molar-refractivity contribution in [2.45, 2.75) is 25.7 Å². The lowest BCUT2D eigenvalue weighted by Gasteiger charge is -2.31. The van der Waals surface area contributed by atoms with E-state index < -0.39 is 0 Å². The van der Waals surface area contributed by atoms with Crippen LogP contribution in [0.1, 0.15) is 50.2 Å². The molecule has 10 heteroatoms. The summed E-state index contributed by atoms with van der Waals surface area (Å²) in [7, 11) is 6.13. The summed E-state index contributed by atoms with van der Waals surface area (Å²) in [6.07, 6.45) is 1.50. The summed E-state index contributed by atoms with van der Waals surface area (Å²) in [6.45, 7) is 3.06. The van der Waals surface area contributed by atoms with Gasteiger partial charge in [0.25, 0.3) is 11.8 Å². The molecule has 2 heterocycles. The van der Waals surface area contributed by atoms with E-state index in [0.717, 1.165) is 23.4 Å². The fraction of sp³-hybridized carbons (Fsp3) is 0.370. The molecule has 1 N–H and O–H groups in total. The number of likely N-dealkylation sites (tertiary alicyclic amines) is 1. The quantitative estimate of drug-likeness (QED) is 0.453. The van der Waals surface area contributed by atoms with Crippen molar-refractivity contribution in [3.05, 3.63) is 57.5 Å². The Balaban J connectivity index is 1.42. The molecule has 37 heavy (non-hydrogen) atoms. The zero-order valence-electron chi connectivity index (χ0n) is 21.6. The summed E-state index contributed by atoms with van der Waals surface area (Å²) >= 11 is 1.47. The molecule has 0 bridgehead atoms. The SMILES string of the molecule is COc1cccc(C)c1NC(=O)c1csc(C2CCN(C(=O)c3ccc(OC)c(OC)c3OC)CC2)n1. The third kappa shape index (κ3) is 5.34. The van der Waals surface area contributed by atoms with Crippen LogP contribution in [0.5, 0.6) is 23.0 Å². The van der Waals surface area contributed by atoms with Gasteiger partial charge in [0.05, 0.1) is 44.7 Å². The second-order valence-electron chi connectivity index (χ2n) is 8.63. The monoisotopic (exact) mass is 525 g/mol. The Morgan fingerprint density at radius 2 is 1.65 bits per heavy atom. The van der Waals surface area contributed by atoms with Crippen molar-refractivity contribution in [1.82, 2.24) is 9.88 Å². The number of aryl methyl sites for hydroxylation is 1. The zero-order valence-corrected chi connectivity index (χ0v) is 22.4. The molecule has 0 unspecified atom stereocenters. The van der Waals surface area contributed by atoms with Crippen molar-refractivity contribution in [2.24, 2.45) is 0 Å². The van der Waals surface area contributed by atoms with Crippen molar-refractivity contribution in [3.63, 3.8) is 0 Å². The average Bonchev–Trinajstić information content (AvgIpc) is 3.43. The highest BCUT2D eigenvalue weighted by Gasteiger charge is 2.30. The summed E-state index contributed by atoms with van der Waals surface area (Å²) in [6, 6.07) is 9.00. The lowest BCUT2D eigenvalue weighted by molar-refractivity contribution is 0.0708. The van der Waals surface area contributed by atoms with Crippen LogP contribution in [0, 0.1) is 6.92 Å². The molecule has 3 aromatic rings. The Labute approximate surface area is 220 Å². The number of nitrogens with one attached hydrogen (secondary N) is 1. The van der Waals surface area contributed by atoms with Gasteiger partial charge in [-0.05, 0) is 43.5 Å². The molecular formula is C27H31N3O6S. The normalized spacial score (nSPS) is 13.7. The maximum absolute atomic E-state index is 13.3. The molecule has 196 valence electrons. The molecule has 9 nitrogen and oxygen atoms in total. The van der Waals surface area contributed by atoms with Crippen LogP contribution in [0.25, 0.3) is 0 Å². The summed E-state index contributed by atoms with van der Waals surface area (Å²) in [5.41, 5.74) is 2.35. The number of anilines is 1. The standard InChI is InChI=1S/C27H31N3O6S/c1-16-7-6-8-20(33-2)22(16)29-25(31)19-15-37-26(28-19)17-11-13-30(14-12-17)27(32)18-9-10-21(34-3)24(36-5)23(18)35-4/h6-10,15,17H,11-14H2,1-5H3,(H,29,31). The van der Waals surface area contributed by atoms with Crippen molar-refractivity contribution in [1.29, 1.82) is 0 Å². The van der Waals surface area contributed by atoms with Gasteiger partial charge in [-0.1, -0.05) is 12.1 Å². The number of rotatable bonds is 8. The molecule has 1 fully saturated rings. The predicted molar refractivity (Wildman–Crippen MR) is 142 cm³/mol. The topological polar surface area (TPSA) is 99.2 Å². The van der Waals surface area contributed by atoms with Gasteiger partial charge in [-0.25, -0.2) is 4.98 Å². The van der Waals surface area contributed by atoms with Crippen LogP contribution in [0.4, 0.5) is 5.69 Å². The Morgan fingerprint density at radius 3 is 2.30 bits per heavy atom. The van der Waals surface area contributed by atoms with Crippen LogP contribution in [-0.4, -0.2) is 63.2 Å². The number of nitrogens with zero attached hydrogens (tertiary/aromatic N) is 2. The lowest BCUT2D eigenvalue weighted by atomic mass is 9.97. The van der Waals surface area contributed by atoms with Gasteiger partial charge in [-0.3, -0.25) is 9.59 Å². The molecule has 1 saturated heterocycles. The first-order valence-electron chi connectivity index (χ1n) is 11.9. The number of piperidine rings is 1. The van der Waals surface area contributed by atoms with Crippen molar-refractivity contribution in [2.75, 3.05) is 46.8 Å². The lowest BCUT2D eigenvalue weighted by Crippen LogP contribution is -2.38. The van der Waals surface area contributed by atoms with Gasteiger partial charge in [-0.2, -0.15) is 0 Å². The second-order valence-corrected chi connectivity index (χ2v) is 9.52. The van der Waals surface area contributed by atoms with Crippen LogP contribution in [0.3, 0.4) is 0 Å². The van der Waals surface area contributed by atoms with Crippen LogP contribution < -0.4 is 24.3 Å². The summed E-state index contributed by atoms with van der Waals surface area (Å²) in [5.74, 6) is 1.63. The fourth-order valence-corrected chi connectivity index (χ4v) is 5.47. The van der Waals surface area contributed by atoms with Crippen LogP contribution in [0.2, 0.25) is 0 Å². The molecule has 0 atom stereocenters. The predicted octanol–water partition coefficient (Wildman–Crippen LogP) is 4.76. The van der Waals surface area contributed by atoms with Gasteiger partial charge in [-0.15, -0.1) is 11.3 Å². The third-order valence-corrected chi connectivity index (χ3v) is 7.52. The number of carbonyl (C=O) groups excluding carboxylic acids is 2. The minimum absolute atomic E-state index is 0.123. The number of ether oxygens (including phenoxy) is 4. The van der Waals surface area contributed by atoms with Gasteiger partial charge < -0.3 is 29.2 Å². The number of hydrogen-bond acceptors (Lipinski definition) is 8. The summed E-state index contributed by atoms with van der Waals surface area (Å²) < 4.78 is 21.6. The van der Waals surface area contributed by atoms with E-state index in [2.05, 4.69) is 10.3 Å². The molecule has 1 aromatic heterocycles. The smallest absolute Gasteiger partial charge is 0.275 e. The Kier molecular flexibility index (Phi) is 8.17. The molecule has 1 aliphatic rings. The molecule has 0 radical (unpaired) electrons. The molecule has 2 aromatic carbocycles. The number of carbonyl (C=O) groups is 2. The second kappa shape index (κ2) is 11.5. The first-order chi connectivity index (χ1) is 17.9. The maximum atomic E-state index is 13.3. The number of para-hydroxylation sites is 1. The minimum atomic E-state index is -0.275. The first kappa shape index (κ1) is 26.3. The van der Waals surface area contributed by atoms with E-state index in [1.807, 2.05) is 30.0 Å². The highest BCUT2D eigenvalue weighted by molar-refractivity contribution is 7.10.